The lowest BCUT2D eigenvalue weighted by atomic mass is 9.81. The smallest absolute Gasteiger partial charge is 0.0273 e. The molecule has 0 radical (unpaired) electrons. The highest BCUT2D eigenvalue weighted by molar-refractivity contribution is 6.26. The fourth-order valence-electron chi connectivity index (χ4n) is 7.54. The second-order valence-electron chi connectivity index (χ2n) is 12.7. The maximum absolute atomic E-state index is 4.26. The van der Waals surface area contributed by atoms with Crippen LogP contribution in [0.2, 0.25) is 0 Å². The van der Waals surface area contributed by atoms with Gasteiger partial charge >= 0.3 is 0 Å². The first-order chi connectivity index (χ1) is 22.1. The van der Waals surface area contributed by atoms with Crippen molar-refractivity contribution in [2.75, 3.05) is 0 Å². The van der Waals surface area contributed by atoms with E-state index in [0.29, 0.717) is 0 Å². The van der Waals surface area contributed by atoms with Gasteiger partial charge in [-0.05, 0) is 149 Å². The molecule has 0 amide bonds. The Balaban J connectivity index is 1.28. The van der Waals surface area contributed by atoms with E-state index in [1.807, 2.05) is 24.8 Å². The van der Waals surface area contributed by atoms with Crippen LogP contribution in [-0.2, 0) is 5.41 Å². The molecule has 9 rings (SSSR count). The number of pyridine rings is 2. The maximum Gasteiger partial charge on any atom is 0.0273 e. The molecule has 2 heterocycles. The summed E-state index contributed by atoms with van der Waals surface area (Å²) in [5, 5.41) is 7.90. The van der Waals surface area contributed by atoms with Crippen LogP contribution < -0.4 is 0 Å². The van der Waals surface area contributed by atoms with Gasteiger partial charge in [0, 0.05) is 30.2 Å². The van der Waals surface area contributed by atoms with Crippen LogP contribution in [0.25, 0.3) is 76.8 Å². The molecule has 45 heavy (non-hydrogen) atoms. The zero-order chi connectivity index (χ0) is 30.1. The van der Waals surface area contributed by atoms with E-state index < -0.39 is 0 Å². The molecular formula is C43H30N2. The third-order valence-corrected chi connectivity index (χ3v) is 9.83. The van der Waals surface area contributed by atoms with Crippen molar-refractivity contribution in [3.8, 4) is 44.5 Å². The molecule has 0 N–H and O–H groups in total. The first-order valence-electron chi connectivity index (χ1n) is 15.6. The Kier molecular flexibility index (Phi) is 5.58. The highest BCUT2D eigenvalue weighted by Gasteiger charge is 2.36. The van der Waals surface area contributed by atoms with Gasteiger partial charge in [0.25, 0.3) is 0 Å². The van der Waals surface area contributed by atoms with Gasteiger partial charge in [-0.3, -0.25) is 9.97 Å². The fourth-order valence-corrected chi connectivity index (χ4v) is 7.54. The summed E-state index contributed by atoms with van der Waals surface area (Å²) in [6.45, 7) is 4.75. The zero-order valence-corrected chi connectivity index (χ0v) is 25.3. The number of fused-ring (bicyclic) bond motifs is 9. The fraction of sp³-hybridized carbons (Fsp3) is 0.0698. The van der Waals surface area contributed by atoms with Crippen molar-refractivity contribution < 1.29 is 0 Å². The first-order valence-corrected chi connectivity index (χ1v) is 15.6. The summed E-state index contributed by atoms with van der Waals surface area (Å²) >= 11 is 0. The average Bonchev–Trinajstić information content (AvgIpc) is 3.33. The lowest BCUT2D eigenvalue weighted by Gasteiger charge is -2.22. The minimum absolute atomic E-state index is 0.106. The van der Waals surface area contributed by atoms with Crippen LogP contribution >= 0.6 is 0 Å². The van der Waals surface area contributed by atoms with Crippen LogP contribution in [0, 0.1) is 0 Å². The normalized spacial score (nSPS) is 13.3. The molecule has 2 heteroatoms. The van der Waals surface area contributed by atoms with E-state index in [2.05, 4.69) is 145 Å². The molecule has 0 atom stereocenters. The SMILES string of the molecule is CC1(C)c2ccc(-c3cc(-c4ccncc4)cc(-c4ccncc4)c3)cc2-c2cc3c4ccccc4c4ccccc4c3cc21. The molecule has 2 nitrogen and oxygen atoms in total. The highest BCUT2D eigenvalue weighted by atomic mass is 14.6. The standard InChI is InChI=1S/C43H30N2/c1-43(2)41-12-11-29(32-22-30(27-13-17-44-18-14-27)21-31(23-32)28-15-19-45-20-16-28)24-39(41)40-25-37-35-9-5-3-7-33(35)34-8-4-6-10-36(34)38(37)26-42(40)43/h3-26H,1-2H3. The molecule has 0 unspecified atom stereocenters. The summed E-state index contributed by atoms with van der Waals surface area (Å²) < 4.78 is 0. The van der Waals surface area contributed by atoms with E-state index in [0.717, 1.165) is 11.1 Å². The average molecular weight is 575 g/mol. The molecule has 0 aliphatic heterocycles. The Morgan fingerprint density at radius 2 is 0.800 bits per heavy atom. The Morgan fingerprint density at radius 1 is 0.356 bits per heavy atom. The van der Waals surface area contributed by atoms with Gasteiger partial charge in [0.1, 0.15) is 0 Å². The van der Waals surface area contributed by atoms with Gasteiger partial charge in [0.2, 0.25) is 0 Å². The monoisotopic (exact) mass is 574 g/mol. The number of hydrogen-bond acceptors (Lipinski definition) is 2. The van der Waals surface area contributed by atoms with E-state index in [9.17, 15) is 0 Å². The summed E-state index contributed by atoms with van der Waals surface area (Å²) in [4.78, 5) is 8.51. The van der Waals surface area contributed by atoms with E-state index in [1.54, 1.807) is 0 Å². The van der Waals surface area contributed by atoms with Gasteiger partial charge in [-0.25, -0.2) is 0 Å². The number of benzene rings is 6. The Labute approximate surface area is 262 Å². The third-order valence-electron chi connectivity index (χ3n) is 9.83. The van der Waals surface area contributed by atoms with Crippen molar-refractivity contribution in [1.82, 2.24) is 9.97 Å². The summed E-state index contributed by atoms with van der Waals surface area (Å²) in [6, 6.07) is 44.9. The van der Waals surface area contributed by atoms with Gasteiger partial charge in [-0.15, -0.1) is 0 Å². The van der Waals surface area contributed by atoms with Crippen molar-refractivity contribution in [1.29, 1.82) is 0 Å². The predicted molar refractivity (Wildman–Crippen MR) is 188 cm³/mol. The van der Waals surface area contributed by atoms with Crippen LogP contribution in [0.4, 0.5) is 0 Å². The predicted octanol–water partition coefficient (Wildman–Crippen LogP) is 11.2. The van der Waals surface area contributed by atoms with E-state index in [4.69, 9.17) is 0 Å². The lowest BCUT2D eigenvalue weighted by molar-refractivity contribution is 0.661. The highest BCUT2D eigenvalue weighted by Crippen LogP contribution is 2.52. The van der Waals surface area contributed by atoms with Gasteiger partial charge in [-0.1, -0.05) is 74.5 Å². The van der Waals surface area contributed by atoms with E-state index >= 15 is 0 Å². The molecule has 1 aliphatic carbocycles. The molecule has 8 aromatic rings. The minimum Gasteiger partial charge on any atom is -0.265 e. The molecular weight excluding hydrogens is 544 g/mol. The van der Waals surface area contributed by atoms with Crippen LogP contribution in [0.3, 0.4) is 0 Å². The molecule has 0 spiro atoms. The number of aromatic nitrogens is 2. The van der Waals surface area contributed by atoms with Crippen molar-refractivity contribution in [3.63, 3.8) is 0 Å². The van der Waals surface area contributed by atoms with Gasteiger partial charge < -0.3 is 0 Å². The molecule has 2 aromatic heterocycles. The second kappa shape index (κ2) is 9.70. The van der Waals surface area contributed by atoms with Crippen LogP contribution in [-0.4, -0.2) is 9.97 Å². The molecule has 212 valence electrons. The summed E-state index contributed by atoms with van der Waals surface area (Å²) in [7, 11) is 0. The quantitative estimate of drug-likeness (QED) is 0.196. The lowest BCUT2D eigenvalue weighted by Crippen LogP contribution is -2.14. The molecule has 0 saturated heterocycles. The third kappa shape index (κ3) is 3.96. The molecule has 0 saturated carbocycles. The van der Waals surface area contributed by atoms with Crippen LogP contribution in [0.15, 0.2) is 146 Å². The van der Waals surface area contributed by atoms with Gasteiger partial charge in [-0.2, -0.15) is 0 Å². The molecule has 0 fully saturated rings. The van der Waals surface area contributed by atoms with Gasteiger partial charge in [0.05, 0.1) is 0 Å². The van der Waals surface area contributed by atoms with Crippen LogP contribution in [0.1, 0.15) is 25.0 Å². The Morgan fingerprint density at radius 3 is 1.33 bits per heavy atom. The number of rotatable bonds is 3. The minimum atomic E-state index is -0.106. The largest absolute Gasteiger partial charge is 0.265 e. The number of nitrogens with zero attached hydrogens (tertiary/aromatic N) is 2. The Hall–Kier alpha value is -5.60. The Bertz CT molecular complexity index is 2380. The van der Waals surface area contributed by atoms with Crippen LogP contribution in [0.5, 0.6) is 0 Å². The van der Waals surface area contributed by atoms with Gasteiger partial charge in [0.15, 0.2) is 0 Å². The summed E-state index contributed by atoms with van der Waals surface area (Å²) in [5.74, 6) is 0. The zero-order valence-electron chi connectivity index (χ0n) is 25.3. The second-order valence-corrected chi connectivity index (χ2v) is 12.7. The van der Waals surface area contributed by atoms with E-state index in [1.165, 1.54) is 76.8 Å². The molecule has 1 aliphatic rings. The number of hydrogen-bond donors (Lipinski definition) is 0. The van der Waals surface area contributed by atoms with Crippen molar-refractivity contribution in [3.05, 3.63) is 157 Å². The molecule has 0 bridgehead atoms. The maximum atomic E-state index is 4.26. The van der Waals surface area contributed by atoms with Crippen molar-refractivity contribution in [2.45, 2.75) is 19.3 Å². The van der Waals surface area contributed by atoms with Crippen molar-refractivity contribution >= 4 is 32.3 Å². The van der Waals surface area contributed by atoms with E-state index in [-0.39, 0.29) is 5.41 Å². The summed E-state index contributed by atoms with van der Waals surface area (Å²) in [6.07, 6.45) is 7.44. The molecule has 6 aromatic carbocycles. The topological polar surface area (TPSA) is 25.8 Å². The first kappa shape index (κ1) is 25.9. The summed E-state index contributed by atoms with van der Waals surface area (Å²) in [5.41, 5.74) is 12.4. The van der Waals surface area contributed by atoms with Crippen molar-refractivity contribution in [2.24, 2.45) is 0 Å².